The van der Waals surface area contributed by atoms with Crippen LogP contribution in [0.1, 0.15) is 6.92 Å². The van der Waals surface area contributed by atoms with E-state index in [0.717, 1.165) is 11.8 Å². The minimum atomic E-state index is -0.584. The first-order valence-corrected chi connectivity index (χ1v) is 4.92. The summed E-state index contributed by atoms with van der Waals surface area (Å²) >= 11 is 1.11. The van der Waals surface area contributed by atoms with Crippen molar-refractivity contribution in [2.24, 2.45) is 4.99 Å². The highest BCUT2D eigenvalue weighted by atomic mass is 32.2. The van der Waals surface area contributed by atoms with Crippen LogP contribution in [0, 0.1) is 0 Å². The molecule has 0 saturated heterocycles. The van der Waals surface area contributed by atoms with Crippen LogP contribution in [0.4, 0.5) is 0 Å². The molecule has 0 aromatic heterocycles. The molecular weight excluding hydrogens is 206 g/mol. The Kier molecular flexibility index (Phi) is 3.82. The van der Waals surface area contributed by atoms with Gasteiger partial charge in [0.2, 0.25) is 5.88 Å². The average molecular weight is 217 g/mol. The molecule has 1 atom stereocenters. The van der Waals surface area contributed by atoms with E-state index in [0.29, 0.717) is 6.61 Å². The molecule has 5 nitrogen and oxygen atoms in total. The van der Waals surface area contributed by atoms with Crippen LogP contribution in [0.5, 0.6) is 0 Å². The number of aliphatic imine (C=N–C) groups is 1. The maximum Gasteiger partial charge on any atom is 0.323 e. The van der Waals surface area contributed by atoms with Crippen molar-refractivity contribution in [2.45, 2.75) is 12.2 Å². The standard InChI is InChI=1S/C8H11NO4S/c1-3-13-8-9-6(10)4-5(14-8)7(11)12-2/h4-5,10H,3H2,1-2H3/t5-/m1/s1. The number of rotatable bonds is 2. The van der Waals surface area contributed by atoms with Crippen molar-refractivity contribution in [1.82, 2.24) is 0 Å². The van der Waals surface area contributed by atoms with Gasteiger partial charge in [-0.15, -0.1) is 0 Å². The van der Waals surface area contributed by atoms with E-state index in [1.807, 2.05) is 0 Å². The molecule has 0 bridgehead atoms. The van der Waals surface area contributed by atoms with Crippen molar-refractivity contribution in [1.29, 1.82) is 0 Å². The number of carbonyl (C=O) groups is 1. The van der Waals surface area contributed by atoms with E-state index >= 15 is 0 Å². The highest BCUT2D eigenvalue weighted by Crippen LogP contribution is 2.23. The predicted octanol–water partition coefficient (Wildman–Crippen LogP) is 1.07. The second kappa shape index (κ2) is 4.90. The largest absolute Gasteiger partial charge is 0.493 e. The molecular formula is C8H11NO4S. The Bertz CT molecular complexity index is 287. The van der Waals surface area contributed by atoms with Crippen LogP contribution >= 0.6 is 11.8 Å². The molecule has 0 saturated carbocycles. The van der Waals surface area contributed by atoms with Gasteiger partial charge in [0.15, 0.2) is 0 Å². The van der Waals surface area contributed by atoms with Crippen LogP contribution in [0.2, 0.25) is 0 Å². The fourth-order valence-electron chi connectivity index (χ4n) is 0.857. The third-order valence-corrected chi connectivity index (χ3v) is 2.43. The Labute approximate surface area is 85.8 Å². The second-order valence-corrected chi connectivity index (χ2v) is 3.49. The van der Waals surface area contributed by atoms with Gasteiger partial charge in [0.1, 0.15) is 5.25 Å². The summed E-state index contributed by atoms with van der Waals surface area (Å²) in [7, 11) is 1.29. The van der Waals surface area contributed by atoms with Crippen LogP contribution in [0.3, 0.4) is 0 Å². The maximum absolute atomic E-state index is 11.2. The minimum Gasteiger partial charge on any atom is -0.493 e. The number of aliphatic hydroxyl groups is 1. The zero-order valence-corrected chi connectivity index (χ0v) is 8.71. The van der Waals surface area contributed by atoms with Gasteiger partial charge >= 0.3 is 5.97 Å². The molecule has 78 valence electrons. The number of hydrogen-bond acceptors (Lipinski definition) is 6. The van der Waals surface area contributed by atoms with Crippen LogP contribution in [-0.2, 0) is 14.3 Å². The smallest absolute Gasteiger partial charge is 0.323 e. The molecule has 1 N–H and O–H groups in total. The highest BCUT2D eigenvalue weighted by Gasteiger charge is 2.25. The monoisotopic (exact) mass is 217 g/mol. The molecule has 0 unspecified atom stereocenters. The van der Waals surface area contributed by atoms with Gasteiger partial charge in [0, 0.05) is 6.08 Å². The van der Waals surface area contributed by atoms with Gasteiger partial charge in [0.05, 0.1) is 13.7 Å². The van der Waals surface area contributed by atoms with Gasteiger partial charge in [-0.2, -0.15) is 4.99 Å². The molecule has 0 aromatic carbocycles. The Morgan fingerprint density at radius 1 is 1.79 bits per heavy atom. The summed E-state index contributed by atoms with van der Waals surface area (Å²) in [5.41, 5.74) is 0. The number of thioether (sulfide) groups is 1. The Balaban J connectivity index is 2.70. The Morgan fingerprint density at radius 3 is 3.07 bits per heavy atom. The van der Waals surface area contributed by atoms with E-state index in [9.17, 15) is 9.90 Å². The quantitative estimate of drug-likeness (QED) is 0.700. The number of ether oxygens (including phenoxy) is 2. The first-order valence-electron chi connectivity index (χ1n) is 4.04. The van der Waals surface area contributed by atoms with Gasteiger partial charge in [-0.1, -0.05) is 0 Å². The lowest BCUT2D eigenvalue weighted by Crippen LogP contribution is -2.22. The summed E-state index contributed by atoms with van der Waals surface area (Å²) in [4.78, 5) is 14.9. The highest BCUT2D eigenvalue weighted by molar-refractivity contribution is 8.14. The van der Waals surface area contributed by atoms with Crippen LogP contribution < -0.4 is 0 Å². The summed E-state index contributed by atoms with van der Waals surface area (Å²) in [6.07, 6.45) is 1.32. The number of methoxy groups -OCH3 is 1. The molecule has 0 aromatic rings. The third kappa shape index (κ3) is 2.66. The maximum atomic E-state index is 11.2. The Hall–Kier alpha value is -1.17. The van der Waals surface area contributed by atoms with E-state index in [-0.39, 0.29) is 11.1 Å². The van der Waals surface area contributed by atoms with Gasteiger partial charge < -0.3 is 14.6 Å². The van der Waals surface area contributed by atoms with Crippen molar-refractivity contribution in [3.8, 4) is 0 Å². The number of hydrogen-bond donors (Lipinski definition) is 1. The lowest BCUT2D eigenvalue weighted by atomic mass is 10.4. The van der Waals surface area contributed by atoms with Crippen molar-refractivity contribution in [3.05, 3.63) is 12.0 Å². The fraction of sp³-hybridized carbons (Fsp3) is 0.500. The lowest BCUT2D eigenvalue weighted by molar-refractivity contribution is -0.139. The Morgan fingerprint density at radius 2 is 2.50 bits per heavy atom. The molecule has 1 rings (SSSR count). The third-order valence-electron chi connectivity index (χ3n) is 1.44. The zero-order valence-electron chi connectivity index (χ0n) is 7.89. The summed E-state index contributed by atoms with van der Waals surface area (Å²) in [6, 6.07) is 0. The van der Waals surface area contributed by atoms with Gasteiger partial charge in [0.25, 0.3) is 5.23 Å². The van der Waals surface area contributed by atoms with Crippen molar-refractivity contribution in [3.63, 3.8) is 0 Å². The molecule has 0 aliphatic carbocycles. The first-order chi connectivity index (χ1) is 6.67. The molecule has 0 amide bonds. The normalized spacial score (nSPS) is 20.9. The van der Waals surface area contributed by atoms with Gasteiger partial charge in [-0.05, 0) is 18.7 Å². The molecule has 0 fully saturated rings. The van der Waals surface area contributed by atoms with Crippen LogP contribution in [-0.4, -0.2) is 35.3 Å². The SMILES string of the molecule is CCOC1=NC(O)=C[C@H](C(=O)OC)S1. The summed E-state index contributed by atoms with van der Waals surface area (Å²) < 4.78 is 9.62. The van der Waals surface area contributed by atoms with Crippen LogP contribution in [0.25, 0.3) is 0 Å². The first kappa shape index (κ1) is 10.9. The van der Waals surface area contributed by atoms with Gasteiger partial charge in [-0.25, -0.2) is 0 Å². The van der Waals surface area contributed by atoms with E-state index in [4.69, 9.17) is 4.74 Å². The number of carbonyl (C=O) groups excluding carboxylic acids is 1. The average Bonchev–Trinajstić information content (AvgIpc) is 2.16. The van der Waals surface area contributed by atoms with E-state index in [2.05, 4.69) is 9.73 Å². The molecule has 1 heterocycles. The fourth-order valence-corrected chi connectivity index (χ4v) is 1.79. The zero-order chi connectivity index (χ0) is 10.6. The van der Waals surface area contributed by atoms with E-state index in [1.54, 1.807) is 6.92 Å². The van der Waals surface area contributed by atoms with Crippen LogP contribution in [0.15, 0.2) is 17.0 Å². The van der Waals surface area contributed by atoms with Gasteiger partial charge in [-0.3, -0.25) is 4.79 Å². The molecule has 6 heteroatoms. The second-order valence-electron chi connectivity index (χ2n) is 2.40. The minimum absolute atomic E-state index is 0.220. The van der Waals surface area contributed by atoms with Crippen molar-refractivity contribution < 1.29 is 19.4 Å². The molecule has 0 spiro atoms. The number of aliphatic hydroxyl groups excluding tert-OH is 1. The number of nitrogens with zero attached hydrogens (tertiary/aromatic N) is 1. The summed E-state index contributed by atoms with van der Waals surface area (Å²) in [6.45, 7) is 2.23. The molecule has 0 radical (unpaired) electrons. The van der Waals surface area contributed by atoms with Crippen molar-refractivity contribution in [2.75, 3.05) is 13.7 Å². The lowest BCUT2D eigenvalue weighted by Gasteiger charge is -2.15. The topological polar surface area (TPSA) is 68.1 Å². The predicted molar refractivity (Wildman–Crippen MR) is 53.2 cm³/mol. The number of esters is 1. The molecule has 14 heavy (non-hydrogen) atoms. The molecule has 1 aliphatic rings. The van der Waals surface area contributed by atoms with E-state index < -0.39 is 11.2 Å². The van der Waals surface area contributed by atoms with Crippen molar-refractivity contribution >= 4 is 23.0 Å². The molecule has 1 aliphatic heterocycles. The summed E-state index contributed by atoms with van der Waals surface area (Å²) in [5.74, 6) is -0.656. The van der Waals surface area contributed by atoms with E-state index in [1.165, 1.54) is 13.2 Å². The summed E-state index contributed by atoms with van der Waals surface area (Å²) in [5, 5.41) is 8.89.